The van der Waals surface area contributed by atoms with E-state index >= 15 is 0 Å². The average molecular weight is 1700 g/mol. The van der Waals surface area contributed by atoms with Crippen LogP contribution in [-0.4, -0.2) is 134 Å². The van der Waals surface area contributed by atoms with E-state index in [-0.39, 0.29) is 123 Å². The number of carboxylic acid groups (broad SMARTS) is 2. The number of hydrogen-bond donors (Lipinski definition) is 4. The van der Waals surface area contributed by atoms with Crippen LogP contribution in [0.4, 0.5) is 13.2 Å². The average Bonchev–Trinajstić information content (AvgIpc) is 1.66. The largest absolute Gasteiger partial charge is 0.481 e. The Labute approximate surface area is 715 Å². The summed E-state index contributed by atoms with van der Waals surface area (Å²) in [6.07, 6.45) is 7.06. The van der Waals surface area contributed by atoms with E-state index in [0.717, 1.165) is 112 Å². The molecule has 2 aromatic carbocycles. The van der Waals surface area contributed by atoms with E-state index in [4.69, 9.17) is 42.2 Å². The third kappa shape index (κ3) is 17.2. The van der Waals surface area contributed by atoms with E-state index in [2.05, 4.69) is 96.9 Å². The first-order valence-corrected chi connectivity index (χ1v) is 44.6. The van der Waals surface area contributed by atoms with E-state index in [1.54, 1.807) is 39.4 Å². The van der Waals surface area contributed by atoms with Gasteiger partial charge in [0.05, 0.1) is 29.8 Å². The third-order valence-electron chi connectivity index (χ3n) is 33.8. The maximum Gasteiger partial charge on any atom is 0.446 e. The zero-order valence-electron chi connectivity index (χ0n) is 74.6. The highest BCUT2D eigenvalue weighted by Crippen LogP contribution is 2.80. The third-order valence-corrected chi connectivity index (χ3v) is 34.6. The molecule has 0 aromatic heterocycles. The van der Waals surface area contributed by atoms with E-state index in [0.29, 0.717) is 72.5 Å². The summed E-state index contributed by atoms with van der Waals surface area (Å²) in [5.74, 6) is -1.28. The number of carbonyl (C=O) groups excluding carboxylic acids is 7. The minimum atomic E-state index is -4.64. The van der Waals surface area contributed by atoms with Gasteiger partial charge in [0, 0.05) is 84.6 Å². The molecule has 1 amide bonds. The van der Waals surface area contributed by atoms with Crippen molar-refractivity contribution in [3.05, 3.63) is 92.0 Å². The number of carbonyl (C=O) groups is 9. The Morgan fingerprint density at radius 1 is 0.555 bits per heavy atom. The molecule has 18 atom stereocenters. The van der Waals surface area contributed by atoms with Crippen molar-refractivity contribution in [2.75, 3.05) is 13.1 Å². The van der Waals surface area contributed by atoms with Crippen LogP contribution in [0.2, 0.25) is 16.9 Å². The van der Waals surface area contributed by atoms with Gasteiger partial charge in [0.1, 0.15) is 18.3 Å². The molecule has 8 saturated carbocycles. The molecule has 8 fully saturated rings. The van der Waals surface area contributed by atoms with Crippen LogP contribution in [0, 0.1) is 112 Å². The summed E-state index contributed by atoms with van der Waals surface area (Å²) in [6.45, 7) is 44.5. The van der Waals surface area contributed by atoms with Crippen LogP contribution < -0.4 is 0 Å². The predicted molar refractivity (Wildman–Crippen MR) is 453 cm³/mol. The second kappa shape index (κ2) is 34.2. The molecule has 0 saturated heterocycles. The highest BCUT2D eigenvalue weighted by atomic mass is 35.5. The first-order chi connectivity index (χ1) is 54.9. The van der Waals surface area contributed by atoms with Crippen LogP contribution >= 0.6 is 23.2 Å². The molecule has 0 unspecified atom stereocenters. The number of aliphatic hydroxyl groups excluding tert-OH is 1. The standard InChI is InChI=1S/C47H69BClNO8.C46H66ClNO7.C2HF3O/c1-28(2)39-33(52)24-47(37(57-29(3)51)27-50(48(11)56)26-30-14-12-13-15-32(30)49)23-22-45(9)31(40(39)47)16-17-35-44(8)20-19-36(58-38(53)25-42(4,5)41(54)55)43(6,7)34(44)18-21-46(35,45)10;1-27(2)38-32(50)23-46(35(51)26-48(28(3)49)25-29-13-11-12-14-31(29)47)22-21-44(9)30(39(38)46)15-16-34-43(8)19-18-36(55-37(52)24-41(4,5)40(53)54)42(6,7)33(43)17-20-45(34,44)10;3-2(4,5)1-6/h12-15,28,31,34-37,56H,16-27H2,1-11H3,(H,54,55);11-14,27,30,33-36,51H,15-26H2,1-10H3,(H,53,54);1H/t31-,34+,35-,36+,37-,44+,45-,46-,47+;30-,33+,34-,35-,36+,43+,44-,45-,46+;/m11./s1. The quantitative estimate of drug-likeness (QED) is 0.0369. The summed E-state index contributed by atoms with van der Waals surface area (Å²) in [7, 11) is -0.849. The molecule has 10 aliphatic carbocycles. The molecule has 0 radical (unpaired) electrons. The summed E-state index contributed by atoms with van der Waals surface area (Å²) in [4.78, 5) is 117. The van der Waals surface area contributed by atoms with Gasteiger partial charge in [-0.05, 0) is 257 Å². The molecule has 2 aromatic rings. The monoisotopic (exact) mass is 1700 g/mol. The molecule has 18 nitrogen and oxygen atoms in total. The van der Waals surface area contributed by atoms with E-state index in [9.17, 15) is 71.9 Å². The summed E-state index contributed by atoms with van der Waals surface area (Å²) < 4.78 is 50.0. The number of Topliss-reactive ketones (excluding diaryl/α,β-unsaturated/α-hetero) is 2. The zero-order chi connectivity index (χ0) is 88.9. The van der Waals surface area contributed by atoms with Gasteiger partial charge >= 0.3 is 43.1 Å². The van der Waals surface area contributed by atoms with Gasteiger partial charge in [-0.25, -0.2) is 0 Å². The lowest BCUT2D eigenvalue weighted by Gasteiger charge is -2.72. The summed E-state index contributed by atoms with van der Waals surface area (Å²) in [6, 6.07) is 15.1. The molecular formula is C95H136BCl2F3N2O16. The van der Waals surface area contributed by atoms with Crippen molar-refractivity contribution < 1.29 is 90.9 Å². The molecule has 0 aliphatic heterocycles. The molecular weight excluding hydrogens is 1560 g/mol. The van der Waals surface area contributed by atoms with E-state index in [1.165, 1.54) is 25.0 Å². The Hall–Kier alpha value is -5.94. The minimum Gasteiger partial charge on any atom is -0.481 e. The van der Waals surface area contributed by atoms with Crippen molar-refractivity contribution in [1.29, 1.82) is 0 Å². The SMILES string of the molecule is CB(O)N(Cc1ccccc1Cl)C[C@@H](OC(C)=O)[C@@]12CC[C@]3(C)[C@H](CC[C@@H]4[C@@]5(C)CC[C@H](OC(=O)CC(C)(C)C(=O)O)C(C)(C)[C@@H]5CC[C@]43C)C1=C(C(C)C)C(=O)C2.CC(=O)N(Cc1ccccc1Cl)C[C@@H](O)[C@@]12CC[C@]3(C)[C@H](CC[C@@H]4[C@@]5(C)CC[C@H](OC(=O)CC(C)(C)C(=O)O)C(C)(C)[C@@H]5CC[C@]43C)C1=C(C(C)C)C(=O)C2.O=CC(F)(F)F. The van der Waals surface area contributed by atoms with Gasteiger partial charge < -0.3 is 44.3 Å². The van der Waals surface area contributed by atoms with Gasteiger partial charge in [-0.1, -0.05) is 162 Å². The van der Waals surface area contributed by atoms with Gasteiger partial charge in [0.15, 0.2) is 11.6 Å². The van der Waals surface area contributed by atoms with Gasteiger partial charge in [-0.2, -0.15) is 13.2 Å². The number of hydrogen-bond acceptors (Lipinski definition) is 15. The number of ketones is 2. The first-order valence-electron chi connectivity index (χ1n) is 43.8. The molecule has 24 heteroatoms. The number of allylic oxidation sites excluding steroid dienone is 2. The summed E-state index contributed by atoms with van der Waals surface area (Å²) in [5.41, 5.74) is 1.33. The molecule has 12 rings (SSSR count). The van der Waals surface area contributed by atoms with Crippen molar-refractivity contribution in [2.24, 2.45) is 112 Å². The molecule has 10 aliphatic rings. The fourth-order valence-corrected chi connectivity index (χ4v) is 27.7. The number of ether oxygens (including phenoxy) is 3. The van der Waals surface area contributed by atoms with Gasteiger partial charge in [-0.15, -0.1) is 0 Å². The predicted octanol–water partition coefficient (Wildman–Crippen LogP) is 19.8. The second-order valence-corrected chi connectivity index (χ2v) is 43.3. The summed E-state index contributed by atoms with van der Waals surface area (Å²) >= 11 is 13.1. The zero-order valence-corrected chi connectivity index (χ0v) is 76.2. The number of aliphatic hydroxyl groups is 1. The number of amides is 1. The number of rotatable bonds is 22. The summed E-state index contributed by atoms with van der Waals surface area (Å²) in [5, 5.41) is 44.1. The van der Waals surface area contributed by atoms with Crippen molar-refractivity contribution in [2.45, 2.75) is 317 Å². The number of fused-ring (bicyclic) bond motifs is 14. The molecule has 4 N–H and O–H groups in total. The van der Waals surface area contributed by atoms with E-state index in [1.807, 2.05) is 53.3 Å². The van der Waals surface area contributed by atoms with Gasteiger partial charge in [-0.3, -0.25) is 43.2 Å². The minimum absolute atomic E-state index is 0.000231. The van der Waals surface area contributed by atoms with Crippen LogP contribution in [-0.2, 0) is 70.5 Å². The van der Waals surface area contributed by atoms with E-state index < -0.39 is 83.2 Å². The van der Waals surface area contributed by atoms with Crippen LogP contribution in [0.25, 0.3) is 0 Å². The smallest absolute Gasteiger partial charge is 0.446 e. The highest BCUT2D eigenvalue weighted by Gasteiger charge is 2.74. The maximum absolute atomic E-state index is 14.5. The Bertz CT molecular complexity index is 4300. The van der Waals surface area contributed by atoms with Gasteiger partial charge in [0.25, 0.3) is 0 Å². The topological polar surface area (TPSA) is 269 Å². The van der Waals surface area contributed by atoms with Gasteiger partial charge in [0.2, 0.25) is 12.2 Å². The number of aliphatic carboxylic acids is 2. The lowest BCUT2D eigenvalue weighted by molar-refractivity contribution is -0.235. The van der Waals surface area contributed by atoms with Crippen LogP contribution in [0.5, 0.6) is 0 Å². The van der Waals surface area contributed by atoms with Crippen LogP contribution in [0.1, 0.15) is 278 Å². The normalized spacial score (nSPS) is 34.1. The fraction of sp³-hybridized carbons (Fsp3) is 0.737. The first kappa shape index (κ1) is 95.3. The molecule has 0 spiro atoms. The fourth-order valence-electron chi connectivity index (χ4n) is 27.3. The van der Waals surface area contributed by atoms with Crippen LogP contribution in [0.15, 0.2) is 70.8 Å². The lowest BCUT2D eigenvalue weighted by atomic mass is 9.33. The van der Waals surface area contributed by atoms with Crippen molar-refractivity contribution in [3.8, 4) is 0 Å². The number of aldehydes is 1. The molecule has 119 heavy (non-hydrogen) atoms. The number of benzene rings is 2. The van der Waals surface area contributed by atoms with Crippen molar-refractivity contribution >= 4 is 83.9 Å². The number of alkyl halides is 3. The van der Waals surface area contributed by atoms with Crippen molar-refractivity contribution in [1.82, 2.24) is 9.71 Å². The highest BCUT2D eigenvalue weighted by molar-refractivity contribution is 6.45. The number of esters is 3. The van der Waals surface area contributed by atoms with Crippen molar-refractivity contribution in [3.63, 3.8) is 0 Å². The Balaban J connectivity index is 0.000000234. The lowest BCUT2D eigenvalue weighted by Crippen LogP contribution is -2.66. The number of halogens is 5. The maximum atomic E-state index is 14.5. The number of nitrogens with zero attached hydrogens (tertiary/aromatic N) is 2. The Morgan fingerprint density at radius 2 is 0.941 bits per heavy atom. The Kier molecular flexibility index (Phi) is 27.4. The Morgan fingerprint density at radius 3 is 1.31 bits per heavy atom. The second-order valence-electron chi connectivity index (χ2n) is 42.5. The van der Waals surface area contributed by atoms with Crippen LogP contribution in [0.3, 0.4) is 0 Å². The molecule has 0 bridgehead atoms. The molecule has 660 valence electrons. The molecule has 0 heterocycles. The number of carboxylic acids is 2.